The molecule has 1 aromatic carbocycles. The standard InChI is InChI=1S/C12H9ClN4O2/c1-18-8-2-7(6-14)3-9(4-8)19-11-5-10(13)16-12(15)17-11/h2-5H,1H3,(H2,15,16,17). The number of anilines is 1. The molecule has 0 aliphatic carbocycles. The number of ether oxygens (including phenoxy) is 2. The van der Waals surface area contributed by atoms with E-state index in [1.807, 2.05) is 6.07 Å². The molecule has 19 heavy (non-hydrogen) atoms. The maximum absolute atomic E-state index is 8.91. The predicted octanol–water partition coefficient (Wildman–Crippen LogP) is 2.38. The minimum absolute atomic E-state index is 0.00547. The van der Waals surface area contributed by atoms with E-state index in [4.69, 9.17) is 32.1 Å². The summed E-state index contributed by atoms with van der Waals surface area (Å²) < 4.78 is 10.5. The van der Waals surface area contributed by atoms with Gasteiger partial charge in [0.05, 0.1) is 18.7 Å². The molecule has 0 aliphatic heterocycles. The van der Waals surface area contributed by atoms with E-state index in [0.717, 1.165) is 0 Å². The molecule has 0 aliphatic rings. The normalized spacial score (nSPS) is 9.74. The van der Waals surface area contributed by atoms with Gasteiger partial charge in [-0.05, 0) is 12.1 Å². The van der Waals surface area contributed by atoms with Gasteiger partial charge in [-0.25, -0.2) is 4.98 Å². The Labute approximate surface area is 114 Å². The van der Waals surface area contributed by atoms with Crippen LogP contribution in [0, 0.1) is 11.3 Å². The Morgan fingerprint density at radius 1 is 1.21 bits per heavy atom. The number of halogens is 1. The number of nitrogens with zero attached hydrogens (tertiary/aromatic N) is 3. The van der Waals surface area contributed by atoms with Crippen LogP contribution in [0.3, 0.4) is 0 Å². The number of hydrogen-bond donors (Lipinski definition) is 1. The van der Waals surface area contributed by atoms with Gasteiger partial charge in [0.25, 0.3) is 0 Å². The van der Waals surface area contributed by atoms with Gasteiger partial charge >= 0.3 is 0 Å². The van der Waals surface area contributed by atoms with Gasteiger partial charge in [-0.3, -0.25) is 0 Å². The van der Waals surface area contributed by atoms with Crippen molar-refractivity contribution in [2.24, 2.45) is 0 Å². The highest BCUT2D eigenvalue weighted by Gasteiger charge is 2.06. The molecule has 0 spiro atoms. The van der Waals surface area contributed by atoms with Gasteiger partial charge in [-0.2, -0.15) is 10.2 Å². The van der Waals surface area contributed by atoms with E-state index < -0.39 is 0 Å². The lowest BCUT2D eigenvalue weighted by Gasteiger charge is -2.07. The molecule has 0 fully saturated rings. The monoisotopic (exact) mass is 276 g/mol. The summed E-state index contributed by atoms with van der Waals surface area (Å²) in [5.74, 6) is 1.09. The van der Waals surface area contributed by atoms with Crippen LogP contribution < -0.4 is 15.2 Å². The van der Waals surface area contributed by atoms with Crippen molar-refractivity contribution in [3.63, 3.8) is 0 Å². The average molecular weight is 277 g/mol. The molecule has 0 amide bonds. The molecular formula is C12H9ClN4O2. The quantitative estimate of drug-likeness (QED) is 0.865. The number of methoxy groups -OCH3 is 1. The molecule has 2 aromatic rings. The molecule has 1 aromatic heterocycles. The summed E-state index contributed by atoms with van der Waals surface area (Å²) in [4.78, 5) is 7.59. The van der Waals surface area contributed by atoms with Crippen molar-refractivity contribution in [2.75, 3.05) is 12.8 Å². The van der Waals surface area contributed by atoms with Crippen LogP contribution in [0.1, 0.15) is 5.56 Å². The van der Waals surface area contributed by atoms with Crippen molar-refractivity contribution in [3.05, 3.63) is 35.0 Å². The molecule has 0 atom stereocenters. The lowest BCUT2D eigenvalue weighted by atomic mass is 10.2. The van der Waals surface area contributed by atoms with Gasteiger partial charge in [0.2, 0.25) is 11.8 Å². The Balaban J connectivity index is 2.35. The third-order valence-electron chi connectivity index (χ3n) is 2.16. The summed E-state index contributed by atoms with van der Waals surface area (Å²) in [6.07, 6.45) is 0. The summed E-state index contributed by atoms with van der Waals surface area (Å²) in [7, 11) is 1.50. The Kier molecular flexibility index (Phi) is 3.68. The van der Waals surface area contributed by atoms with E-state index in [0.29, 0.717) is 17.1 Å². The van der Waals surface area contributed by atoms with Crippen LogP contribution in [0.4, 0.5) is 5.95 Å². The summed E-state index contributed by atoms with van der Waals surface area (Å²) in [5, 5.41) is 9.08. The number of hydrogen-bond acceptors (Lipinski definition) is 6. The molecule has 0 saturated heterocycles. The molecule has 0 bridgehead atoms. The van der Waals surface area contributed by atoms with Crippen molar-refractivity contribution in [1.29, 1.82) is 5.26 Å². The number of aromatic nitrogens is 2. The average Bonchev–Trinajstić information content (AvgIpc) is 2.37. The highest BCUT2D eigenvalue weighted by atomic mass is 35.5. The smallest absolute Gasteiger partial charge is 0.225 e. The lowest BCUT2D eigenvalue weighted by Crippen LogP contribution is -1.97. The lowest BCUT2D eigenvalue weighted by molar-refractivity contribution is 0.407. The maximum atomic E-state index is 8.91. The topological polar surface area (TPSA) is 94.0 Å². The molecule has 1 heterocycles. The summed E-state index contributed by atoms with van der Waals surface area (Å²) in [6.45, 7) is 0. The molecule has 6 nitrogen and oxygen atoms in total. The van der Waals surface area contributed by atoms with Gasteiger partial charge in [-0.1, -0.05) is 11.6 Å². The zero-order valence-electron chi connectivity index (χ0n) is 9.92. The summed E-state index contributed by atoms with van der Waals surface area (Å²) >= 11 is 5.75. The van der Waals surface area contributed by atoms with Gasteiger partial charge in [0, 0.05) is 12.1 Å². The summed E-state index contributed by atoms with van der Waals surface area (Å²) in [5.41, 5.74) is 5.87. The zero-order chi connectivity index (χ0) is 13.8. The molecule has 0 radical (unpaired) electrons. The first-order valence-electron chi connectivity index (χ1n) is 5.18. The predicted molar refractivity (Wildman–Crippen MR) is 69.2 cm³/mol. The SMILES string of the molecule is COc1cc(C#N)cc(Oc2cc(Cl)nc(N)n2)c1. The van der Waals surface area contributed by atoms with Gasteiger partial charge in [-0.15, -0.1) is 0 Å². The first kappa shape index (κ1) is 12.9. The fourth-order valence-electron chi connectivity index (χ4n) is 1.40. The fraction of sp³-hybridized carbons (Fsp3) is 0.0833. The summed E-state index contributed by atoms with van der Waals surface area (Å²) in [6, 6.07) is 8.19. The number of nitrogens with two attached hydrogens (primary N) is 1. The van der Waals surface area contributed by atoms with Crippen molar-refractivity contribution in [3.8, 4) is 23.4 Å². The molecule has 7 heteroatoms. The van der Waals surface area contributed by atoms with Crippen LogP contribution in [0.2, 0.25) is 5.15 Å². The van der Waals surface area contributed by atoms with E-state index in [-0.39, 0.29) is 17.0 Å². The Bertz CT molecular complexity index is 634. The van der Waals surface area contributed by atoms with Crippen molar-refractivity contribution in [1.82, 2.24) is 9.97 Å². The van der Waals surface area contributed by atoms with Crippen LogP contribution in [0.15, 0.2) is 24.3 Å². The molecule has 2 rings (SSSR count). The van der Waals surface area contributed by atoms with Crippen LogP contribution >= 0.6 is 11.6 Å². The van der Waals surface area contributed by atoms with Crippen LogP contribution in [-0.4, -0.2) is 17.1 Å². The first-order valence-corrected chi connectivity index (χ1v) is 5.55. The van der Waals surface area contributed by atoms with E-state index >= 15 is 0 Å². The Morgan fingerprint density at radius 3 is 2.58 bits per heavy atom. The second kappa shape index (κ2) is 5.42. The van der Waals surface area contributed by atoms with Crippen molar-refractivity contribution >= 4 is 17.5 Å². The van der Waals surface area contributed by atoms with Gasteiger partial charge < -0.3 is 15.2 Å². The molecule has 0 saturated carbocycles. The molecule has 96 valence electrons. The number of nitrogen functional groups attached to an aromatic ring is 1. The highest BCUT2D eigenvalue weighted by molar-refractivity contribution is 6.29. The zero-order valence-corrected chi connectivity index (χ0v) is 10.7. The van der Waals surface area contributed by atoms with Crippen LogP contribution in [0.25, 0.3) is 0 Å². The molecular weight excluding hydrogens is 268 g/mol. The second-order valence-corrected chi connectivity index (χ2v) is 3.89. The van der Waals surface area contributed by atoms with Crippen LogP contribution in [-0.2, 0) is 0 Å². The second-order valence-electron chi connectivity index (χ2n) is 3.50. The molecule has 0 unspecified atom stereocenters. The third-order valence-corrected chi connectivity index (χ3v) is 2.35. The Morgan fingerprint density at radius 2 is 1.95 bits per heavy atom. The fourth-order valence-corrected chi connectivity index (χ4v) is 1.58. The first-order chi connectivity index (χ1) is 9.10. The van der Waals surface area contributed by atoms with Gasteiger partial charge in [0.1, 0.15) is 16.7 Å². The minimum atomic E-state index is 0.00547. The largest absolute Gasteiger partial charge is 0.497 e. The number of rotatable bonds is 3. The van der Waals surface area contributed by atoms with E-state index in [1.54, 1.807) is 18.2 Å². The van der Waals surface area contributed by atoms with Crippen molar-refractivity contribution < 1.29 is 9.47 Å². The number of nitriles is 1. The van der Waals surface area contributed by atoms with Crippen LogP contribution in [0.5, 0.6) is 17.4 Å². The minimum Gasteiger partial charge on any atom is -0.497 e. The number of benzene rings is 1. The maximum Gasteiger partial charge on any atom is 0.225 e. The third kappa shape index (κ3) is 3.24. The van der Waals surface area contributed by atoms with E-state index in [1.165, 1.54) is 13.2 Å². The van der Waals surface area contributed by atoms with Crippen molar-refractivity contribution in [2.45, 2.75) is 0 Å². The van der Waals surface area contributed by atoms with Gasteiger partial charge in [0.15, 0.2) is 0 Å². The van der Waals surface area contributed by atoms with E-state index in [9.17, 15) is 0 Å². The highest BCUT2D eigenvalue weighted by Crippen LogP contribution is 2.27. The molecule has 2 N–H and O–H groups in total. The Hall–Kier alpha value is -2.52. The van der Waals surface area contributed by atoms with E-state index in [2.05, 4.69) is 9.97 Å².